The van der Waals surface area contributed by atoms with E-state index in [4.69, 9.17) is 28.5 Å². The standard InChI is InChI=1S/C18H21Cl2N3O2S2/c1-4-14(11-6-7-12(19)13(20)10-11)23-15(24)17(2,26)22(3)16(25)18(23,27)8-5-9-21/h6-7,10,14,26-27H,4-5,8H2,1-3H3/t14?,17-,18-/m1/s1. The molecule has 0 aliphatic carbocycles. The van der Waals surface area contributed by atoms with Crippen LogP contribution < -0.4 is 0 Å². The second-order valence-corrected chi connectivity index (χ2v) is 9.06. The fourth-order valence-corrected chi connectivity index (χ4v) is 4.25. The van der Waals surface area contributed by atoms with Crippen LogP contribution in [0.1, 0.15) is 44.7 Å². The zero-order valence-electron chi connectivity index (χ0n) is 15.2. The second kappa shape index (κ2) is 8.12. The Morgan fingerprint density at radius 1 is 1.22 bits per heavy atom. The van der Waals surface area contributed by atoms with Crippen molar-refractivity contribution in [2.24, 2.45) is 0 Å². The Morgan fingerprint density at radius 2 is 1.85 bits per heavy atom. The SMILES string of the molecule is CCC(c1ccc(Cl)c(Cl)c1)N1C(=O)[C@@](C)(S)N(C)C(=O)[C@]1(S)CCC#N. The molecule has 1 aliphatic heterocycles. The number of likely N-dealkylation sites (N-methyl/N-ethyl adjacent to an activating group) is 1. The van der Waals surface area contributed by atoms with Crippen molar-refractivity contribution in [2.45, 2.75) is 48.9 Å². The molecule has 0 spiro atoms. The highest BCUT2D eigenvalue weighted by molar-refractivity contribution is 7.83. The Balaban J connectivity index is 2.64. The number of benzene rings is 1. The minimum atomic E-state index is -1.46. The van der Waals surface area contributed by atoms with E-state index in [2.05, 4.69) is 25.3 Å². The summed E-state index contributed by atoms with van der Waals surface area (Å²) in [6.07, 6.45) is 0.691. The quantitative estimate of drug-likeness (QED) is 0.663. The molecule has 1 fully saturated rings. The summed E-state index contributed by atoms with van der Waals surface area (Å²) in [7, 11) is 1.52. The molecule has 1 saturated heterocycles. The predicted molar refractivity (Wildman–Crippen MR) is 113 cm³/mol. The highest BCUT2D eigenvalue weighted by Crippen LogP contribution is 2.45. The van der Waals surface area contributed by atoms with E-state index in [0.29, 0.717) is 16.5 Å². The van der Waals surface area contributed by atoms with Gasteiger partial charge in [-0.25, -0.2) is 0 Å². The zero-order chi connectivity index (χ0) is 20.6. The Kier molecular flexibility index (Phi) is 6.68. The van der Waals surface area contributed by atoms with Crippen molar-refractivity contribution in [3.05, 3.63) is 33.8 Å². The molecule has 1 aromatic carbocycles. The van der Waals surface area contributed by atoms with Crippen molar-refractivity contribution in [2.75, 3.05) is 7.05 Å². The van der Waals surface area contributed by atoms with Crippen LogP contribution in [-0.4, -0.2) is 38.4 Å². The lowest BCUT2D eigenvalue weighted by Crippen LogP contribution is -2.72. The number of nitrogens with zero attached hydrogens (tertiary/aromatic N) is 3. The molecule has 2 amide bonds. The smallest absolute Gasteiger partial charge is 0.260 e. The molecule has 0 bridgehead atoms. The number of rotatable bonds is 5. The van der Waals surface area contributed by atoms with Crippen LogP contribution in [0, 0.1) is 11.3 Å². The molecular formula is C18H21Cl2N3O2S2. The normalized spacial score (nSPS) is 26.9. The van der Waals surface area contributed by atoms with Crippen LogP contribution in [0.4, 0.5) is 0 Å². The minimum Gasteiger partial charge on any atom is -0.320 e. The fraction of sp³-hybridized carbons (Fsp3) is 0.500. The van der Waals surface area contributed by atoms with Crippen molar-refractivity contribution in [3.63, 3.8) is 0 Å². The van der Waals surface area contributed by atoms with Gasteiger partial charge >= 0.3 is 0 Å². The van der Waals surface area contributed by atoms with E-state index in [-0.39, 0.29) is 24.7 Å². The van der Waals surface area contributed by atoms with Gasteiger partial charge in [0.2, 0.25) is 0 Å². The summed E-state index contributed by atoms with van der Waals surface area (Å²) in [6.45, 7) is 3.47. The second-order valence-electron chi connectivity index (χ2n) is 6.63. The topological polar surface area (TPSA) is 64.4 Å². The maximum Gasteiger partial charge on any atom is 0.260 e. The molecule has 0 N–H and O–H groups in total. The first-order valence-electron chi connectivity index (χ1n) is 8.41. The van der Waals surface area contributed by atoms with Crippen LogP contribution in [0.2, 0.25) is 10.0 Å². The lowest BCUT2D eigenvalue weighted by molar-refractivity contribution is -0.167. The van der Waals surface area contributed by atoms with Gasteiger partial charge < -0.3 is 9.80 Å². The van der Waals surface area contributed by atoms with Gasteiger partial charge in [-0.3, -0.25) is 9.59 Å². The van der Waals surface area contributed by atoms with Crippen LogP contribution in [0.25, 0.3) is 0 Å². The summed E-state index contributed by atoms with van der Waals surface area (Å²) in [6, 6.07) is 6.66. The summed E-state index contributed by atoms with van der Waals surface area (Å²) >= 11 is 21.3. The van der Waals surface area contributed by atoms with Gasteiger partial charge in [0.25, 0.3) is 11.8 Å². The number of carbonyl (C=O) groups excluding carboxylic acids is 2. The molecule has 1 aromatic rings. The molecule has 9 heteroatoms. The average Bonchev–Trinajstić information content (AvgIpc) is 2.63. The van der Waals surface area contributed by atoms with Gasteiger partial charge in [-0.15, -0.1) is 25.3 Å². The van der Waals surface area contributed by atoms with Crippen molar-refractivity contribution < 1.29 is 9.59 Å². The average molecular weight is 446 g/mol. The molecule has 1 aliphatic rings. The molecule has 0 saturated carbocycles. The van der Waals surface area contributed by atoms with E-state index in [1.807, 2.05) is 13.0 Å². The fourth-order valence-electron chi connectivity index (χ4n) is 3.25. The van der Waals surface area contributed by atoms with Gasteiger partial charge in [0.1, 0.15) is 0 Å². The van der Waals surface area contributed by atoms with E-state index >= 15 is 0 Å². The lowest BCUT2D eigenvalue weighted by Gasteiger charge is -2.54. The predicted octanol–water partition coefficient (Wildman–Crippen LogP) is 4.32. The van der Waals surface area contributed by atoms with Crippen molar-refractivity contribution >= 4 is 60.3 Å². The van der Waals surface area contributed by atoms with Gasteiger partial charge in [-0.2, -0.15) is 5.26 Å². The summed E-state index contributed by atoms with van der Waals surface area (Å²) in [4.78, 5) is 26.4. The van der Waals surface area contributed by atoms with E-state index in [0.717, 1.165) is 5.56 Å². The van der Waals surface area contributed by atoms with Crippen LogP contribution in [0.15, 0.2) is 18.2 Å². The van der Waals surface area contributed by atoms with Crippen molar-refractivity contribution in [1.29, 1.82) is 5.26 Å². The minimum absolute atomic E-state index is 0.0773. The molecule has 2 rings (SSSR count). The summed E-state index contributed by atoms with van der Waals surface area (Å²) in [5.74, 6) is -0.740. The van der Waals surface area contributed by atoms with Gasteiger partial charge in [0.15, 0.2) is 9.74 Å². The Labute approximate surface area is 180 Å². The number of carbonyl (C=O) groups is 2. The third-order valence-corrected chi connectivity index (χ3v) is 6.80. The maximum absolute atomic E-state index is 13.4. The molecule has 1 heterocycles. The van der Waals surface area contributed by atoms with Crippen LogP contribution >= 0.6 is 48.5 Å². The molecular weight excluding hydrogens is 425 g/mol. The molecule has 5 nitrogen and oxygen atoms in total. The Bertz CT molecular complexity index is 812. The monoisotopic (exact) mass is 445 g/mol. The molecule has 27 heavy (non-hydrogen) atoms. The van der Waals surface area contributed by atoms with E-state index in [1.54, 1.807) is 25.1 Å². The number of piperazine rings is 1. The molecule has 0 aromatic heterocycles. The molecule has 1 unspecified atom stereocenters. The highest BCUT2D eigenvalue weighted by Gasteiger charge is 2.58. The van der Waals surface area contributed by atoms with Crippen LogP contribution in [0.5, 0.6) is 0 Å². The van der Waals surface area contributed by atoms with E-state index < -0.39 is 15.8 Å². The lowest BCUT2D eigenvalue weighted by atomic mass is 9.93. The Morgan fingerprint density at radius 3 is 2.37 bits per heavy atom. The number of hydrogen-bond acceptors (Lipinski definition) is 5. The summed E-state index contributed by atoms with van der Waals surface area (Å²) in [5.41, 5.74) is 0.733. The van der Waals surface area contributed by atoms with E-state index in [9.17, 15) is 9.59 Å². The molecule has 146 valence electrons. The van der Waals surface area contributed by atoms with E-state index in [1.165, 1.54) is 16.8 Å². The molecule has 3 atom stereocenters. The van der Waals surface area contributed by atoms with Crippen LogP contribution in [0.3, 0.4) is 0 Å². The van der Waals surface area contributed by atoms with Crippen molar-refractivity contribution in [1.82, 2.24) is 9.80 Å². The van der Waals surface area contributed by atoms with Gasteiger partial charge in [0.05, 0.1) is 22.2 Å². The maximum atomic E-state index is 13.4. The first-order valence-corrected chi connectivity index (χ1v) is 10.1. The Hall–Kier alpha value is -1.07. The number of halogens is 2. The first-order chi connectivity index (χ1) is 12.5. The molecule has 0 radical (unpaired) electrons. The largest absolute Gasteiger partial charge is 0.320 e. The summed E-state index contributed by atoms with van der Waals surface area (Å²) < 4.78 is 0. The third-order valence-electron chi connectivity index (χ3n) is 4.93. The zero-order valence-corrected chi connectivity index (χ0v) is 18.5. The van der Waals surface area contributed by atoms with Crippen LogP contribution in [-0.2, 0) is 9.59 Å². The third kappa shape index (κ3) is 3.77. The van der Waals surface area contributed by atoms with Gasteiger partial charge in [0, 0.05) is 19.9 Å². The number of hydrogen-bond donors (Lipinski definition) is 2. The van der Waals surface area contributed by atoms with Crippen molar-refractivity contribution in [3.8, 4) is 6.07 Å². The number of thiol groups is 2. The van der Waals surface area contributed by atoms with Gasteiger partial charge in [-0.1, -0.05) is 36.2 Å². The highest BCUT2D eigenvalue weighted by atomic mass is 35.5. The van der Waals surface area contributed by atoms with Gasteiger partial charge in [-0.05, 0) is 31.0 Å². The first kappa shape index (κ1) is 22.2. The number of amides is 2. The number of nitriles is 1. The summed E-state index contributed by atoms with van der Waals surface area (Å²) in [5, 5.41) is 9.80.